The van der Waals surface area contributed by atoms with Gasteiger partial charge in [0.05, 0.1) is 7.11 Å². The van der Waals surface area contributed by atoms with Crippen LogP contribution in [0.4, 0.5) is 4.79 Å². The van der Waals surface area contributed by atoms with E-state index < -0.39 is 6.09 Å². The van der Waals surface area contributed by atoms with Crippen molar-refractivity contribution in [1.29, 1.82) is 0 Å². The number of ether oxygens (including phenoxy) is 2. The van der Waals surface area contributed by atoms with Crippen LogP contribution in [0.3, 0.4) is 0 Å². The second-order valence-electron chi connectivity index (χ2n) is 2.94. The van der Waals surface area contributed by atoms with Crippen LogP contribution in [0, 0.1) is 0 Å². The Balaban J connectivity index is 2.72. The van der Waals surface area contributed by atoms with Gasteiger partial charge in [0.2, 0.25) is 0 Å². The lowest BCUT2D eigenvalue weighted by molar-refractivity contribution is 0.172. The van der Waals surface area contributed by atoms with E-state index in [0.717, 1.165) is 0 Å². The van der Waals surface area contributed by atoms with Crippen molar-refractivity contribution in [2.45, 2.75) is 0 Å². The van der Waals surface area contributed by atoms with Crippen molar-refractivity contribution in [3.63, 3.8) is 0 Å². The van der Waals surface area contributed by atoms with Gasteiger partial charge in [-0.2, -0.15) is 0 Å². The van der Waals surface area contributed by atoms with Crippen molar-refractivity contribution < 1.29 is 14.3 Å². The minimum absolute atomic E-state index is 0.404. The van der Waals surface area contributed by atoms with Gasteiger partial charge in [-0.25, -0.2) is 4.79 Å². The fourth-order valence-corrected chi connectivity index (χ4v) is 0.857. The number of carbonyl (C=O) groups excluding carboxylic acids is 1. The third kappa shape index (κ3) is 2.65. The van der Waals surface area contributed by atoms with Gasteiger partial charge in [-0.3, -0.25) is 0 Å². The van der Waals surface area contributed by atoms with Crippen molar-refractivity contribution >= 4 is 6.09 Å². The summed E-state index contributed by atoms with van der Waals surface area (Å²) in [5.41, 5.74) is 0. The maximum atomic E-state index is 11.2. The summed E-state index contributed by atoms with van der Waals surface area (Å²) in [7, 11) is 4.82. The molecule has 0 heterocycles. The predicted octanol–water partition coefficient (Wildman–Crippen LogP) is 1.76. The van der Waals surface area contributed by atoms with Crippen LogP contribution in [0.25, 0.3) is 0 Å². The highest BCUT2D eigenvalue weighted by molar-refractivity contribution is 5.70. The Hall–Kier alpha value is -1.71. The number of hydrogen-bond donors (Lipinski definition) is 0. The molecule has 1 aromatic carbocycles. The fraction of sp³-hybridized carbons (Fsp3) is 0.300. The molecule has 0 aliphatic rings. The normalized spacial score (nSPS) is 9.36. The van der Waals surface area contributed by atoms with Crippen LogP contribution >= 0.6 is 0 Å². The van der Waals surface area contributed by atoms with E-state index in [1.165, 1.54) is 4.90 Å². The molecule has 0 aromatic heterocycles. The lowest BCUT2D eigenvalue weighted by Gasteiger charge is -2.10. The van der Waals surface area contributed by atoms with Crippen molar-refractivity contribution in [2.75, 3.05) is 21.2 Å². The van der Waals surface area contributed by atoms with Gasteiger partial charge in [0, 0.05) is 20.2 Å². The van der Waals surface area contributed by atoms with Gasteiger partial charge in [0.15, 0.2) is 0 Å². The van der Waals surface area contributed by atoms with Gasteiger partial charge in [0.1, 0.15) is 11.5 Å². The number of amides is 1. The first-order chi connectivity index (χ1) is 6.63. The van der Waals surface area contributed by atoms with Crippen molar-refractivity contribution in [3.05, 3.63) is 24.3 Å². The molecular weight excluding hydrogens is 182 g/mol. The molecule has 4 heteroatoms. The average Bonchev–Trinajstić information content (AvgIpc) is 2.18. The Bertz CT molecular complexity index is 323. The molecule has 0 radical (unpaired) electrons. The highest BCUT2D eigenvalue weighted by atomic mass is 16.6. The third-order valence-corrected chi connectivity index (χ3v) is 1.61. The molecule has 0 unspecified atom stereocenters. The topological polar surface area (TPSA) is 38.8 Å². The summed E-state index contributed by atoms with van der Waals surface area (Å²) in [6, 6.07) is 6.90. The first-order valence-electron chi connectivity index (χ1n) is 4.16. The van der Waals surface area contributed by atoms with Crippen molar-refractivity contribution in [1.82, 2.24) is 4.90 Å². The molecule has 14 heavy (non-hydrogen) atoms. The zero-order valence-electron chi connectivity index (χ0n) is 8.48. The summed E-state index contributed by atoms with van der Waals surface area (Å²) in [4.78, 5) is 12.5. The molecule has 76 valence electrons. The minimum Gasteiger partial charge on any atom is -0.497 e. The van der Waals surface area contributed by atoms with Crippen molar-refractivity contribution in [3.8, 4) is 11.5 Å². The molecule has 0 aliphatic heterocycles. The number of carbonyl (C=O) groups is 1. The van der Waals surface area contributed by atoms with Gasteiger partial charge in [-0.15, -0.1) is 0 Å². The van der Waals surface area contributed by atoms with E-state index in [0.29, 0.717) is 11.5 Å². The standard InChI is InChI=1S/C10H13NO3/c1-11(2)10(12)14-9-6-4-5-8(7-9)13-3/h4-7H,1-3H3. The summed E-state index contributed by atoms with van der Waals surface area (Å²) < 4.78 is 10.0. The Morgan fingerprint density at radius 3 is 2.50 bits per heavy atom. The van der Waals surface area contributed by atoms with Gasteiger partial charge in [-0.05, 0) is 12.1 Å². The predicted molar refractivity (Wildman–Crippen MR) is 52.7 cm³/mol. The number of hydrogen-bond acceptors (Lipinski definition) is 3. The Labute approximate surface area is 83.0 Å². The quantitative estimate of drug-likeness (QED) is 0.721. The second kappa shape index (κ2) is 4.50. The van der Waals surface area contributed by atoms with E-state index in [1.54, 1.807) is 45.5 Å². The number of rotatable bonds is 2. The second-order valence-corrected chi connectivity index (χ2v) is 2.94. The van der Waals surface area contributed by atoms with Crippen LogP contribution in [-0.2, 0) is 0 Å². The fourth-order valence-electron chi connectivity index (χ4n) is 0.857. The molecular formula is C10H13NO3. The highest BCUT2D eigenvalue weighted by Gasteiger charge is 2.06. The molecule has 0 fully saturated rings. The molecule has 0 atom stereocenters. The molecule has 1 rings (SSSR count). The largest absolute Gasteiger partial charge is 0.497 e. The Kier molecular flexibility index (Phi) is 3.34. The maximum Gasteiger partial charge on any atom is 0.414 e. The van der Waals surface area contributed by atoms with Gasteiger partial charge in [-0.1, -0.05) is 6.07 Å². The molecule has 0 aliphatic carbocycles. The van der Waals surface area contributed by atoms with Crippen LogP contribution in [0.2, 0.25) is 0 Å². The number of methoxy groups -OCH3 is 1. The van der Waals surface area contributed by atoms with E-state index >= 15 is 0 Å². The molecule has 0 bridgehead atoms. The first kappa shape index (κ1) is 10.4. The molecule has 4 nitrogen and oxygen atoms in total. The molecule has 0 saturated carbocycles. The molecule has 0 saturated heterocycles. The van der Waals surface area contributed by atoms with E-state index in [2.05, 4.69) is 0 Å². The van der Waals surface area contributed by atoms with Crippen LogP contribution in [0.15, 0.2) is 24.3 Å². The number of nitrogens with zero attached hydrogens (tertiary/aromatic N) is 1. The molecule has 0 N–H and O–H groups in total. The third-order valence-electron chi connectivity index (χ3n) is 1.61. The van der Waals surface area contributed by atoms with Gasteiger partial charge < -0.3 is 14.4 Å². The van der Waals surface area contributed by atoms with E-state index in [-0.39, 0.29) is 0 Å². The van der Waals surface area contributed by atoms with E-state index in [9.17, 15) is 4.79 Å². The van der Waals surface area contributed by atoms with Gasteiger partial charge >= 0.3 is 6.09 Å². The Morgan fingerprint density at radius 1 is 1.29 bits per heavy atom. The van der Waals surface area contributed by atoms with Crippen LogP contribution in [0.1, 0.15) is 0 Å². The van der Waals surface area contributed by atoms with E-state index in [1.807, 2.05) is 0 Å². The minimum atomic E-state index is -0.404. The lowest BCUT2D eigenvalue weighted by Crippen LogP contribution is -2.25. The van der Waals surface area contributed by atoms with Crippen molar-refractivity contribution in [2.24, 2.45) is 0 Å². The molecule has 0 spiro atoms. The zero-order chi connectivity index (χ0) is 10.6. The van der Waals surface area contributed by atoms with E-state index in [4.69, 9.17) is 9.47 Å². The maximum absolute atomic E-state index is 11.2. The lowest BCUT2D eigenvalue weighted by atomic mass is 10.3. The summed E-state index contributed by atoms with van der Waals surface area (Å²) in [6.45, 7) is 0. The summed E-state index contributed by atoms with van der Waals surface area (Å²) in [5, 5.41) is 0. The average molecular weight is 195 g/mol. The zero-order valence-corrected chi connectivity index (χ0v) is 8.48. The summed E-state index contributed by atoms with van der Waals surface area (Å²) in [6.07, 6.45) is -0.404. The highest BCUT2D eigenvalue weighted by Crippen LogP contribution is 2.19. The Morgan fingerprint density at radius 2 is 1.93 bits per heavy atom. The summed E-state index contributed by atoms with van der Waals surface area (Å²) in [5.74, 6) is 1.14. The smallest absolute Gasteiger partial charge is 0.414 e. The summed E-state index contributed by atoms with van der Waals surface area (Å²) >= 11 is 0. The van der Waals surface area contributed by atoms with Crippen LogP contribution in [-0.4, -0.2) is 32.2 Å². The molecule has 1 amide bonds. The number of benzene rings is 1. The monoisotopic (exact) mass is 195 g/mol. The first-order valence-corrected chi connectivity index (χ1v) is 4.16. The SMILES string of the molecule is COc1cccc(OC(=O)N(C)C)c1. The van der Waals surface area contributed by atoms with Crippen LogP contribution < -0.4 is 9.47 Å². The molecule has 1 aromatic rings. The van der Waals surface area contributed by atoms with Gasteiger partial charge in [0.25, 0.3) is 0 Å². The van der Waals surface area contributed by atoms with Crippen LogP contribution in [0.5, 0.6) is 11.5 Å².